The summed E-state index contributed by atoms with van der Waals surface area (Å²) in [6.45, 7) is 1.20. The van der Waals surface area contributed by atoms with Crippen LogP contribution in [0, 0.1) is 5.82 Å². The highest BCUT2D eigenvalue weighted by molar-refractivity contribution is 9.10. The van der Waals surface area contributed by atoms with E-state index in [2.05, 4.69) is 36.8 Å². The van der Waals surface area contributed by atoms with Gasteiger partial charge < -0.3 is 15.2 Å². The highest BCUT2D eigenvalue weighted by atomic mass is 79.9. The molecule has 8 heteroatoms. The van der Waals surface area contributed by atoms with Gasteiger partial charge in [0, 0.05) is 17.4 Å². The molecule has 1 aromatic heterocycles. The number of hydrogen-bond donors (Lipinski definition) is 2. The van der Waals surface area contributed by atoms with Crippen LogP contribution >= 0.6 is 15.9 Å². The van der Waals surface area contributed by atoms with Gasteiger partial charge in [-0.2, -0.15) is 0 Å². The van der Waals surface area contributed by atoms with Crippen LogP contribution in [0.15, 0.2) is 22.7 Å². The van der Waals surface area contributed by atoms with Gasteiger partial charge in [0.1, 0.15) is 11.6 Å². The maximum absolute atomic E-state index is 13.0. The molecule has 2 aromatic rings. The van der Waals surface area contributed by atoms with Crippen LogP contribution in [0.3, 0.4) is 0 Å². The smallest absolute Gasteiger partial charge is 0.319 e. The molecule has 0 radical (unpaired) electrons. The zero-order chi connectivity index (χ0) is 14.8. The second-order valence-electron chi connectivity index (χ2n) is 4.72. The van der Waals surface area contributed by atoms with Gasteiger partial charge >= 0.3 is 6.03 Å². The lowest BCUT2D eigenvalue weighted by Gasteiger charge is -2.09. The number of carbonyl (C=O) groups excluding carboxylic acids is 1. The topological polar surface area (TPSA) is 71.8 Å². The molecule has 0 atom stereocenters. The van der Waals surface area contributed by atoms with Gasteiger partial charge in [-0.1, -0.05) is 0 Å². The average molecular weight is 354 g/mol. The van der Waals surface area contributed by atoms with Gasteiger partial charge in [0.25, 0.3) is 0 Å². The Morgan fingerprint density at radius 3 is 3.10 bits per heavy atom. The lowest BCUT2D eigenvalue weighted by molar-refractivity contribution is 0.251. The molecular formula is C13H13BrFN5O. The maximum Gasteiger partial charge on any atom is 0.319 e. The predicted molar refractivity (Wildman–Crippen MR) is 78.3 cm³/mol. The lowest BCUT2D eigenvalue weighted by Crippen LogP contribution is -2.29. The van der Waals surface area contributed by atoms with E-state index in [0.29, 0.717) is 16.7 Å². The Morgan fingerprint density at radius 1 is 1.43 bits per heavy atom. The van der Waals surface area contributed by atoms with E-state index in [4.69, 9.17) is 0 Å². The highest BCUT2D eigenvalue weighted by Crippen LogP contribution is 2.22. The van der Waals surface area contributed by atoms with Gasteiger partial charge in [0.2, 0.25) is 0 Å². The molecule has 0 spiro atoms. The fourth-order valence-corrected chi connectivity index (χ4v) is 2.71. The second kappa shape index (κ2) is 5.80. The Labute approximate surface area is 128 Å². The fraction of sp³-hybridized carbons (Fsp3) is 0.308. The molecule has 2 amide bonds. The van der Waals surface area contributed by atoms with Gasteiger partial charge in [-0.3, -0.25) is 0 Å². The summed E-state index contributed by atoms with van der Waals surface area (Å²) in [4.78, 5) is 11.9. The minimum Gasteiger partial charge on any atom is -0.331 e. The standard InChI is InChI=1S/C13H13BrFN5O/c14-9-6-8(15)3-4-10(9)17-13(21)16-7-12-19-18-11-2-1-5-20(11)12/h3-4,6H,1-2,5,7H2,(H2,16,17,21). The largest absolute Gasteiger partial charge is 0.331 e. The Balaban J connectivity index is 1.59. The number of benzene rings is 1. The summed E-state index contributed by atoms with van der Waals surface area (Å²) in [6.07, 6.45) is 1.99. The number of urea groups is 1. The van der Waals surface area contributed by atoms with E-state index in [9.17, 15) is 9.18 Å². The first kappa shape index (κ1) is 14.0. The summed E-state index contributed by atoms with van der Waals surface area (Å²) in [5.74, 6) is 1.34. The SMILES string of the molecule is O=C(NCc1nnc2n1CCC2)Nc1ccc(F)cc1Br. The predicted octanol–water partition coefficient (Wildman–Crippen LogP) is 2.45. The number of fused-ring (bicyclic) bond motifs is 1. The molecule has 6 nitrogen and oxygen atoms in total. The summed E-state index contributed by atoms with van der Waals surface area (Å²) in [6, 6.07) is 3.69. The van der Waals surface area contributed by atoms with E-state index in [1.54, 1.807) is 0 Å². The zero-order valence-electron chi connectivity index (χ0n) is 11.1. The van der Waals surface area contributed by atoms with Crippen molar-refractivity contribution in [3.8, 4) is 0 Å². The van der Waals surface area contributed by atoms with Crippen LogP contribution in [-0.4, -0.2) is 20.8 Å². The van der Waals surface area contributed by atoms with Gasteiger partial charge in [0.15, 0.2) is 5.82 Å². The van der Waals surface area contributed by atoms with Crippen LogP contribution in [0.2, 0.25) is 0 Å². The number of nitrogens with one attached hydrogen (secondary N) is 2. The van der Waals surface area contributed by atoms with Gasteiger partial charge in [-0.05, 0) is 40.5 Å². The molecule has 21 heavy (non-hydrogen) atoms. The minimum atomic E-state index is -0.377. The van der Waals surface area contributed by atoms with Crippen molar-refractivity contribution < 1.29 is 9.18 Å². The molecule has 1 aliphatic heterocycles. The summed E-state index contributed by atoms with van der Waals surface area (Å²) in [5, 5.41) is 13.5. The third-order valence-electron chi connectivity index (χ3n) is 3.27. The van der Waals surface area contributed by atoms with Crippen LogP contribution in [-0.2, 0) is 19.5 Å². The first-order chi connectivity index (χ1) is 10.1. The molecule has 0 aliphatic carbocycles. The second-order valence-corrected chi connectivity index (χ2v) is 5.57. The summed E-state index contributed by atoms with van der Waals surface area (Å²) < 4.78 is 15.5. The average Bonchev–Trinajstić information content (AvgIpc) is 3.03. The Morgan fingerprint density at radius 2 is 2.29 bits per heavy atom. The van der Waals surface area contributed by atoms with Crippen molar-refractivity contribution in [1.82, 2.24) is 20.1 Å². The minimum absolute atomic E-state index is 0.303. The first-order valence-electron chi connectivity index (χ1n) is 6.54. The van der Waals surface area contributed by atoms with Crippen LogP contribution in [0.4, 0.5) is 14.9 Å². The van der Waals surface area contributed by atoms with Crippen molar-refractivity contribution in [3.05, 3.63) is 40.1 Å². The van der Waals surface area contributed by atoms with Crippen LogP contribution < -0.4 is 10.6 Å². The summed E-state index contributed by atoms with van der Waals surface area (Å²) in [5.41, 5.74) is 0.500. The number of amides is 2. The van der Waals surface area contributed by atoms with Gasteiger partial charge in [0.05, 0.1) is 12.2 Å². The maximum atomic E-state index is 13.0. The van der Waals surface area contributed by atoms with Crippen molar-refractivity contribution in [1.29, 1.82) is 0 Å². The Kier molecular flexibility index (Phi) is 3.87. The number of anilines is 1. The lowest BCUT2D eigenvalue weighted by atomic mass is 10.3. The number of halogens is 2. The van der Waals surface area contributed by atoms with Crippen LogP contribution in [0.1, 0.15) is 18.1 Å². The van der Waals surface area contributed by atoms with Gasteiger partial charge in [-0.25, -0.2) is 9.18 Å². The zero-order valence-corrected chi connectivity index (χ0v) is 12.7. The number of rotatable bonds is 3. The van der Waals surface area contributed by atoms with Crippen molar-refractivity contribution in [2.24, 2.45) is 0 Å². The molecule has 110 valence electrons. The van der Waals surface area contributed by atoms with E-state index in [1.807, 2.05) is 4.57 Å². The molecule has 0 unspecified atom stereocenters. The molecule has 0 bridgehead atoms. The molecule has 0 fully saturated rings. The normalized spacial score (nSPS) is 13.0. The molecule has 2 N–H and O–H groups in total. The molecule has 0 saturated heterocycles. The van der Waals surface area contributed by atoms with E-state index in [1.165, 1.54) is 18.2 Å². The van der Waals surface area contributed by atoms with E-state index in [0.717, 1.165) is 31.0 Å². The van der Waals surface area contributed by atoms with Crippen molar-refractivity contribution in [2.45, 2.75) is 25.9 Å². The Hall–Kier alpha value is -1.96. The monoisotopic (exact) mass is 353 g/mol. The van der Waals surface area contributed by atoms with E-state index < -0.39 is 0 Å². The van der Waals surface area contributed by atoms with Crippen molar-refractivity contribution in [3.63, 3.8) is 0 Å². The first-order valence-corrected chi connectivity index (χ1v) is 7.33. The third-order valence-corrected chi connectivity index (χ3v) is 3.93. The van der Waals surface area contributed by atoms with Crippen LogP contribution in [0.25, 0.3) is 0 Å². The molecule has 0 saturated carbocycles. The Bertz CT molecular complexity index is 687. The number of carbonyl (C=O) groups is 1. The third kappa shape index (κ3) is 3.05. The molecule has 2 heterocycles. The molecule has 1 aromatic carbocycles. The molecule has 1 aliphatic rings. The quantitative estimate of drug-likeness (QED) is 0.890. The van der Waals surface area contributed by atoms with E-state index in [-0.39, 0.29) is 11.8 Å². The molecular weight excluding hydrogens is 341 g/mol. The van der Waals surface area contributed by atoms with Gasteiger partial charge in [-0.15, -0.1) is 10.2 Å². The number of aromatic nitrogens is 3. The number of aryl methyl sites for hydroxylation is 1. The number of nitrogens with zero attached hydrogens (tertiary/aromatic N) is 3. The fourth-order valence-electron chi connectivity index (χ4n) is 2.26. The van der Waals surface area contributed by atoms with Crippen molar-refractivity contribution >= 4 is 27.6 Å². The molecule has 3 rings (SSSR count). The van der Waals surface area contributed by atoms with Crippen LogP contribution in [0.5, 0.6) is 0 Å². The van der Waals surface area contributed by atoms with Crippen molar-refractivity contribution in [2.75, 3.05) is 5.32 Å². The van der Waals surface area contributed by atoms with E-state index >= 15 is 0 Å². The summed E-state index contributed by atoms with van der Waals surface area (Å²) >= 11 is 3.20. The number of hydrogen-bond acceptors (Lipinski definition) is 3. The summed E-state index contributed by atoms with van der Waals surface area (Å²) in [7, 11) is 0. The highest BCUT2D eigenvalue weighted by Gasteiger charge is 2.17.